The molecule has 0 bridgehead atoms. The van der Waals surface area contributed by atoms with Crippen molar-refractivity contribution in [1.29, 1.82) is 0 Å². The van der Waals surface area contributed by atoms with E-state index in [-0.39, 0.29) is 0 Å². The zero-order valence-corrected chi connectivity index (χ0v) is 7.73. The van der Waals surface area contributed by atoms with Crippen LogP contribution in [0, 0.1) is 0 Å². The van der Waals surface area contributed by atoms with Gasteiger partial charge in [0.2, 0.25) is 0 Å². The molecule has 0 atom stereocenters. The average Bonchev–Trinajstić information content (AvgIpc) is 2.34. The second kappa shape index (κ2) is 3.04. The van der Waals surface area contributed by atoms with E-state index in [0.717, 1.165) is 6.42 Å². The molecule has 0 radical (unpaired) electrons. The van der Waals surface area contributed by atoms with Crippen LogP contribution in [0.2, 0.25) is 0 Å². The van der Waals surface area contributed by atoms with Crippen LogP contribution in [0.1, 0.15) is 34.1 Å². The molecule has 0 aromatic heterocycles. The molecule has 0 aromatic rings. The van der Waals surface area contributed by atoms with E-state index >= 15 is 0 Å². The van der Waals surface area contributed by atoms with Gasteiger partial charge < -0.3 is 0 Å². The minimum absolute atomic E-state index is 1.03. The smallest absolute Gasteiger partial charge is 0.0621 e. The van der Waals surface area contributed by atoms with Gasteiger partial charge in [-0.2, -0.15) is 0 Å². The number of aliphatic imine (C=N–C) groups is 1. The van der Waals surface area contributed by atoms with E-state index in [2.05, 4.69) is 38.8 Å². The molecule has 1 heteroatoms. The SMILES string of the molecule is CC1=NC(C(C)=C(C)C)=CC1. The quantitative estimate of drug-likeness (QED) is 0.543. The molecule has 0 aromatic carbocycles. The first-order chi connectivity index (χ1) is 5.11. The largest absolute Gasteiger partial charge is 0.258 e. The lowest BCUT2D eigenvalue weighted by Gasteiger charge is -2.00. The van der Waals surface area contributed by atoms with Crippen molar-refractivity contribution in [2.24, 2.45) is 4.99 Å². The van der Waals surface area contributed by atoms with Gasteiger partial charge in [0.1, 0.15) is 0 Å². The minimum atomic E-state index is 1.03. The molecule has 60 valence electrons. The highest BCUT2D eigenvalue weighted by Gasteiger charge is 2.06. The summed E-state index contributed by atoms with van der Waals surface area (Å²) < 4.78 is 0. The van der Waals surface area contributed by atoms with Crippen molar-refractivity contribution in [2.75, 3.05) is 0 Å². The Hall–Kier alpha value is -0.850. The molecule has 0 N–H and O–H groups in total. The van der Waals surface area contributed by atoms with Crippen LogP contribution in [0.3, 0.4) is 0 Å². The zero-order chi connectivity index (χ0) is 8.43. The van der Waals surface area contributed by atoms with Gasteiger partial charge in [-0.25, -0.2) is 0 Å². The summed E-state index contributed by atoms with van der Waals surface area (Å²) in [6.07, 6.45) is 3.22. The third-order valence-electron chi connectivity index (χ3n) is 2.04. The third kappa shape index (κ3) is 1.79. The van der Waals surface area contributed by atoms with Crippen molar-refractivity contribution < 1.29 is 0 Å². The summed E-state index contributed by atoms with van der Waals surface area (Å²) in [6.45, 7) is 8.45. The molecular formula is C10H15N. The maximum absolute atomic E-state index is 4.43. The predicted molar refractivity (Wildman–Crippen MR) is 49.9 cm³/mol. The number of hydrogen-bond donors (Lipinski definition) is 0. The maximum atomic E-state index is 4.43. The van der Waals surface area contributed by atoms with Crippen molar-refractivity contribution in [2.45, 2.75) is 34.1 Å². The average molecular weight is 149 g/mol. The van der Waals surface area contributed by atoms with Gasteiger partial charge in [0.25, 0.3) is 0 Å². The number of rotatable bonds is 1. The van der Waals surface area contributed by atoms with E-state index in [9.17, 15) is 0 Å². The predicted octanol–water partition coefficient (Wildman–Crippen LogP) is 3.09. The van der Waals surface area contributed by atoms with Gasteiger partial charge in [-0.05, 0) is 33.3 Å². The van der Waals surface area contributed by atoms with E-state index < -0.39 is 0 Å². The summed E-state index contributed by atoms with van der Waals surface area (Å²) in [7, 11) is 0. The highest BCUT2D eigenvalue weighted by molar-refractivity contribution is 5.87. The van der Waals surface area contributed by atoms with E-state index in [1.807, 2.05) is 0 Å². The fraction of sp³-hybridized carbons (Fsp3) is 0.500. The lowest BCUT2D eigenvalue weighted by molar-refractivity contribution is 1.21. The molecule has 11 heavy (non-hydrogen) atoms. The monoisotopic (exact) mass is 149 g/mol. The lowest BCUT2D eigenvalue weighted by Crippen LogP contribution is -1.83. The minimum Gasteiger partial charge on any atom is -0.258 e. The number of allylic oxidation sites excluding steroid dienone is 3. The Kier molecular flexibility index (Phi) is 2.28. The van der Waals surface area contributed by atoms with Crippen LogP contribution in [0.25, 0.3) is 0 Å². The second-order valence-corrected chi connectivity index (χ2v) is 3.27. The zero-order valence-electron chi connectivity index (χ0n) is 7.73. The van der Waals surface area contributed by atoms with Gasteiger partial charge in [0.05, 0.1) is 5.70 Å². The first-order valence-electron chi connectivity index (χ1n) is 4.00. The Morgan fingerprint density at radius 3 is 2.36 bits per heavy atom. The summed E-state index contributed by atoms with van der Waals surface area (Å²) in [6, 6.07) is 0. The van der Waals surface area contributed by atoms with Gasteiger partial charge in [-0.15, -0.1) is 0 Å². The molecule has 0 unspecified atom stereocenters. The molecule has 1 aliphatic heterocycles. The second-order valence-electron chi connectivity index (χ2n) is 3.27. The summed E-state index contributed by atoms with van der Waals surface area (Å²) in [5.74, 6) is 0. The van der Waals surface area contributed by atoms with Gasteiger partial charge in [0.15, 0.2) is 0 Å². The van der Waals surface area contributed by atoms with E-state index in [1.54, 1.807) is 0 Å². The molecule has 0 saturated carbocycles. The topological polar surface area (TPSA) is 12.4 Å². The van der Waals surface area contributed by atoms with Gasteiger partial charge in [-0.1, -0.05) is 11.6 Å². The highest BCUT2D eigenvalue weighted by Crippen LogP contribution is 2.20. The van der Waals surface area contributed by atoms with Gasteiger partial charge in [-0.3, -0.25) is 4.99 Å². The van der Waals surface area contributed by atoms with Crippen molar-refractivity contribution in [1.82, 2.24) is 0 Å². The van der Waals surface area contributed by atoms with Crippen LogP contribution in [-0.2, 0) is 0 Å². The van der Waals surface area contributed by atoms with Crippen LogP contribution in [0.5, 0.6) is 0 Å². The summed E-state index contributed by atoms with van der Waals surface area (Å²) in [4.78, 5) is 4.43. The van der Waals surface area contributed by atoms with Crippen molar-refractivity contribution in [3.8, 4) is 0 Å². The third-order valence-corrected chi connectivity index (χ3v) is 2.04. The van der Waals surface area contributed by atoms with Crippen LogP contribution in [-0.4, -0.2) is 5.71 Å². The Balaban J connectivity index is 2.87. The summed E-state index contributed by atoms with van der Waals surface area (Å²) in [5.41, 5.74) is 5.07. The normalized spacial score (nSPS) is 16.0. The van der Waals surface area contributed by atoms with E-state index in [4.69, 9.17) is 0 Å². The number of hydrogen-bond acceptors (Lipinski definition) is 1. The Labute approximate surface area is 68.5 Å². The van der Waals surface area contributed by atoms with Gasteiger partial charge in [0, 0.05) is 12.1 Å². The fourth-order valence-corrected chi connectivity index (χ4v) is 1.03. The molecule has 0 spiro atoms. The molecular weight excluding hydrogens is 134 g/mol. The Morgan fingerprint density at radius 1 is 1.36 bits per heavy atom. The van der Waals surface area contributed by atoms with Crippen LogP contribution >= 0.6 is 0 Å². The Bertz CT molecular complexity index is 250. The van der Waals surface area contributed by atoms with Crippen molar-refractivity contribution in [3.05, 3.63) is 22.9 Å². The van der Waals surface area contributed by atoms with Crippen LogP contribution in [0.4, 0.5) is 0 Å². The summed E-state index contributed by atoms with van der Waals surface area (Å²) >= 11 is 0. The molecule has 0 saturated heterocycles. The lowest BCUT2D eigenvalue weighted by atomic mass is 10.1. The van der Waals surface area contributed by atoms with Crippen molar-refractivity contribution in [3.63, 3.8) is 0 Å². The molecule has 1 nitrogen and oxygen atoms in total. The molecule has 1 rings (SSSR count). The van der Waals surface area contributed by atoms with Gasteiger partial charge >= 0.3 is 0 Å². The molecule has 0 aliphatic carbocycles. The molecule has 0 fully saturated rings. The molecule has 0 amide bonds. The number of nitrogens with zero attached hydrogens (tertiary/aromatic N) is 1. The first-order valence-corrected chi connectivity index (χ1v) is 4.00. The Morgan fingerprint density at radius 2 is 2.00 bits per heavy atom. The first kappa shape index (κ1) is 8.25. The molecule has 1 heterocycles. The summed E-state index contributed by atoms with van der Waals surface area (Å²) in [5, 5.41) is 0. The van der Waals surface area contributed by atoms with Crippen LogP contribution < -0.4 is 0 Å². The fourth-order valence-electron chi connectivity index (χ4n) is 1.03. The van der Waals surface area contributed by atoms with Crippen molar-refractivity contribution >= 4 is 5.71 Å². The van der Waals surface area contributed by atoms with E-state index in [0.29, 0.717) is 0 Å². The standard InChI is InChI=1S/C10H15N/c1-7(2)9(4)10-6-5-8(3)11-10/h6H,5H2,1-4H3. The van der Waals surface area contributed by atoms with Crippen LogP contribution in [0.15, 0.2) is 27.9 Å². The van der Waals surface area contributed by atoms with E-state index in [1.165, 1.54) is 22.6 Å². The highest BCUT2D eigenvalue weighted by atomic mass is 14.8. The maximum Gasteiger partial charge on any atom is 0.0621 e. The molecule has 1 aliphatic rings.